The van der Waals surface area contributed by atoms with Crippen LogP contribution in [0.5, 0.6) is 0 Å². The standard InChI is InChI=1S/C19H31N5O/c1-16(14-17-4-3-7-20-15-17)21-19(25)24-12-10-23(11-13-24)18-5-8-22(2)9-6-18/h3-4,7,15-16,18H,5-6,8-14H2,1-2H3,(H,21,25). The number of piperazine rings is 1. The van der Waals surface area contributed by atoms with E-state index in [1.165, 1.54) is 25.9 Å². The smallest absolute Gasteiger partial charge is 0.317 e. The monoisotopic (exact) mass is 345 g/mol. The lowest BCUT2D eigenvalue weighted by molar-refractivity contribution is 0.0744. The Labute approximate surface area is 151 Å². The van der Waals surface area contributed by atoms with E-state index in [-0.39, 0.29) is 12.1 Å². The Balaban J connectivity index is 1.40. The van der Waals surface area contributed by atoms with Crippen LogP contribution in [0.2, 0.25) is 0 Å². The molecule has 2 aliphatic rings. The van der Waals surface area contributed by atoms with Crippen LogP contribution in [-0.4, -0.2) is 84.1 Å². The fourth-order valence-electron chi connectivity index (χ4n) is 3.88. The highest BCUT2D eigenvalue weighted by molar-refractivity contribution is 5.74. The van der Waals surface area contributed by atoms with Crippen LogP contribution in [0, 0.1) is 0 Å². The van der Waals surface area contributed by atoms with Gasteiger partial charge in [0.1, 0.15) is 0 Å². The first-order valence-electron chi connectivity index (χ1n) is 9.49. The maximum atomic E-state index is 12.5. The van der Waals surface area contributed by atoms with Gasteiger partial charge in [-0.1, -0.05) is 6.07 Å². The Kier molecular flexibility index (Phi) is 6.26. The second kappa shape index (κ2) is 8.63. The predicted octanol–water partition coefficient (Wildman–Crippen LogP) is 1.43. The average Bonchev–Trinajstić information content (AvgIpc) is 2.63. The molecule has 1 N–H and O–H groups in total. The van der Waals surface area contributed by atoms with Crippen molar-refractivity contribution in [2.45, 2.75) is 38.3 Å². The number of nitrogens with zero attached hydrogens (tertiary/aromatic N) is 4. The number of hydrogen-bond donors (Lipinski definition) is 1. The van der Waals surface area contributed by atoms with Gasteiger partial charge in [-0.15, -0.1) is 0 Å². The van der Waals surface area contributed by atoms with Gasteiger partial charge >= 0.3 is 6.03 Å². The molecule has 1 aromatic rings. The van der Waals surface area contributed by atoms with Gasteiger partial charge in [0, 0.05) is 50.7 Å². The van der Waals surface area contributed by atoms with E-state index in [0.717, 1.165) is 38.2 Å². The number of piperidine rings is 1. The molecule has 3 heterocycles. The van der Waals surface area contributed by atoms with Gasteiger partial charge in [-0.25, -0.2) is 4.79 Å². The molecule has 0 spiro atoms. The van der Waals surface area contributed by atoms with Gasteiger partial charge in [0.15, 0.2) is 0 Å². The van der Waals surface area contributed by atoms with Crippen molar-refractivity contribution in [1.82, 2.24) is 25.0 Å². The van der Waals surface area contributed by atoms with E-state index < -0.39 is 0 Å². The summed E-state index contributed by atoms with van der Waals surface area (Å²) in [5.41, 5.74) is 1.15. The van der Waals surface area contributed by atoms with Crippen LogP contribution in [0.3, 0.4) is 0 Å². The molecule has 1 atom stereocenters. The molecule has 0 aromatic carbocycles. The van der Waals surface area contributed by atoms with Gasteiger partial charge in [-0.2, -0.15) is 0 Å². The van der Waals surface area contributed by atoms with Crippen molar-refractivity contribution < 1.29 is 4.79 Å². The number of carbonyl (C=O) groups is 1. The number of likely N-dealkylation sites (tertiary alicyclic amines) is 1. The topological polar surface area (TPSA) is 51.7 Å². The molecular formula is C19H31N5O. The molecule has 2 amide bonds. The van der Waals surface area contributed by atoms with Crippen LogP contribution in [0.4, 0.5) is 4.79 Å². The van der Waals surface area contributed by atoms with Crippen LogP contribution in [0.15, 0.2) is 24.5 Å². The van der Waals surface area contributed by atoms with E-state index in [0.29, 0.717) is 6.04 Å². The van der Waals surface area contributed by atoms with Crippen molar-refractivity contribution in [2.75, 3.05) is 46.3 Å². The third kappa shape index (κ3) is 5.16. The molecule has 2 aliphatic heterocycles. The molecule has 6 heteroatoms. The Hall–Kier alpha value is -1.66. The largest absolute Gasteiger partial charge is 0.335 e. The van der Waals surface area contributed by atoms with E-state index in [2.05, 4.69) is 40.1 Å². The van der Waals surface area contributed by atoms with Crippen LogP contribution < -0.4 is 5.32 Å². The van der Waals surface area contributed by atoms with Crippen molar-refractivity contribution in [3.63, 3.8) is 0 Å². The molecule has 2 fully saturated rings. The lowest BCUT2D eigenvalue weighted by Gasteiger charge is -2.42. The minimum Gasteiger partial charge on any atom is -0.335 e. The minimum atomic E-state index is 0.0689. The van der Waals surface area contributed by atoms with E-state index in [1.54, 1.807) is 6.20 Å². The molecular weight excluding hydrogens is 314 g/mol. The van der Waals surface area contributed by atoms with E-state index in [1.807, 2.05) is 17.2 Å². The van der Waals surface area contributed by atoms with Gasteiger partial charge in [0.2, 0.25) is 0 Å². The first-order valence-corrected chi connectivity index (χ1v) is 9.49. The third-order valence-electron chi connectivity index (χ3n) is 5.44. The SMILES string of the molecule is CC(Cc1cccnc1)NC(=O)N1CCN(C2CCN(C)CC2)CC1. The van der Waals surface area contributed by atoms with Crippen molar-refractivity contribution in [3.05, 3.63) is 30.1 Å². The molecule has 25 heavy (non-hydrogen) atoms. The van der Waals surface area contributed by atoms with Crippen LogP contribution in [0.25, 0.3) is 0 Å². The van der Waals surface area contributed by atoms with Crippen molar-refractivity contribution in [2.24, 2.45) is 0 Å². The first kappa shape index (κ1) is 18.1. The van der Waals surface area contributed by atoms with Crippen LogP contribution in [0.1, 0.15) is 25.3 Å². The fraction of sp³-hybridized carbons (Fsp3) is 0.684. The van der Waals surface area contributed by atoms with Crippen molar-refractivity contribution in [1.29, 1.82) is 0 Å². The fourth-order valence-corrected chi connectivity index (χ4v) is 3.88. The summed E-state index contributed by atoms with van der Waals surface area (Å²) in [4.78, 5) is 23.6. The molecule has 1 aromatic heterocycles. The van der Waals surface area contributed by atoms with Gasteiger partial charge < -0.3 is 15.1 Å². The molecule has 6 nitrogen and oxygen atoms in total. The van der Waals surface area contributed by atoms with E-state index in [9.17, 15) is 4.79 Å². The van der Waals surface area contributed by atoms with Crippen LogP contribution in [-0.2, 0) is 6.42 Å². The lowest BCUT2D eigenvalue weighted by atomic mass is 10.0. The molecule has 0 saturated carbocycles. The summed E-state index contributed by atoms with van der Waals surface area (Å²) in [6.07, 6.45) is 6.96. The van der Waals surface area contributed by atoms with Crippen molar-refractivity contribution in [3.8, 4) is 0 Å². The number of urea groups is 1. The number of amides is 2. The zero-order valence-corrected chi connectivity index (χ0v) is 15.5. The molecule has 2 saturated heterocycles. The third-order valence-corrected chi connectivity index (χ3v) is 5.44. The summed E-state index contributed by atoms with van der Waals surface area (Å²) in [5, 5.41) is 3.13. The Morgan fingerprint density at radius 3 is 2.60 bits per heavy atom. The Morgan fingerprint density at radius 1 is 1.24 bits per heavy atom. The maximum Gasteiger partial charge on any atom is 0.317 e. The summed E-state index contributed by atoms with van der Waals surface area (Å²) in [7, 11) is 2.20. The van der Waals surface area contributed by atoms with Gasteiger partial charge in [0.05, 0.1) is 0 Å². The molecule has 0 bridgehead atoms. The van der Waals surface area contributed by atoms with Gasteiger partial charge in [0.25, 0.3) is 0 Å². The maximum absolute atomic E-state index is 12.5. The summed E-state index contributed by atoms with van der Waals surface area (Å²) >= 11 is 0. The molecule has 0 radical (unpaired) electrons. The highest BCUT2D eigenvalue weighted by Gasteiger charge is 2.28. The zero-order valence-electron chi connectivity index (χ0n) is 15.5. The van der Waals surface area contributed by atoms with E-state index in [4.69, 9.17) is 0 Å². The quantitative estimate of drug-likeness (QED) is 0.897. The number of pyridine rings is 1. The average molecular weight is 345 g/mol. The summed E-state index contributed by atoms with van der Waals surface area (Å²) in [5.74, 6) is 0. The van der Waals surface area contributed by atoms with Gasteiger partial charge in [-0.05, 0) is 58.0 Å². The Bertz CT molecular complexity index is 536. The molecule has 1 unspecified atom stereocenters. The number of aromatic nitrogens is 1. The number of nitrogens with one attached hydrogen (secondary N) is 1. The highest BCUT2D eigenvalue weighted by atomic mass is 16.2. The predicted molar refractivity (Wildman–Crippen MR) is 99.6 cm³/mol. The number of carbonyl (C=O) groups excluding carboxylic acids is 1. The zero-order chi connectivity index (χ0) is 17.6. The molecule has 138 valence electrons. The van der Waals surface area contributed by atoms with E-state index >= 15 is 0 Å². The second-order valence-corrected chi connectivity index (χ2v) is 7.47. The molecule has 3 rings (SSSR count). The minimum absolute atomic E-state index is 0.0689. The van der Waals surface area contributed by atoms with Crippen LogP contribution >= 0.6 is 0 Å². The first-order chi connectivity index (χ1) is 12.1. The number of rotatable bonds is 4. The summed E-state index contributed by atoms with van der Waals surface area (Å²) < 4.78 is 0. The Morgan fingerprint density at radius 2 is 1.96 bits per heavy atom. The summed E-state index contributed by atoms with van der Waals surface area (Å²) in [6, 6.07) is 4.87. The second-order valence-electron chi connectivity index (χ2n) is 7.47. The molecule has 0 aliphatic carbocycles. The van der Waals surface area contributed by atoms with Gasteiger partial charge in [-0.3, -0.25) is 9.88 Å². The lowest BCUT2D eigenvalue weighted by Crippen LogP contribution is -2.56. The summed E-state index contributed by atoms with van der Waals surface area (Å²) in [6.45, 7) is 8.10. The normalized spacial score (nSPS) is 21.9. The number of hydrogen-bond acceptors (Lipinski definition) is 4. The highest BCUT2D eigenvalue weighted by Crippen LogP contribution is 2.17. The van der Waals surface area contributed by atoms with Crippen molar-refractivity contribution >= 4 is 6.03 Å².